The molecule has 1 N–H and O–H groups in total. The lowest BCUT2D eigenvalue weighted by Crippen LogP contribution is -2.30. The highest BCUT2D eigenvalue weighted by Gasteiger charge is 2.23. The third kappa shape index (κ3) is 5.88. The third-order valence-electron chi connectivity index (χ3n) is 5.07. The highest BCUT2D eigenvalue weighted by molar-refractivity contribution is 7.88. The summed E-state index contributed by atoms with van der Waals surface area (Å²) in [5.41, 5.74) is 1.41. The van der Waals surface area contributed by atoms with Gasteiger partial charge >= 0.3 is 0 Å². The Morgan fingerprint density at radius 3 is 2.38 bits per heavy atom. The predicted octanol–water partition coefficient (Wildman–Crippen LogP) is 2.62. The minimum absolute atomic E-state index is 0.0760. The standard InChI is InChI=1S/C20H28ClN5O2S/c1-25(2)19-12-18(23-20(24-19)16-8-10-22-11-9-16)13-26(3)29(27,28)14-15-4-6-17(21)7-5-15/h4-7,12,16,22H,8-11,13-14H2,1-3H3. The van der Waals surface area contributed by atoms with Crippen LogP contribution in [0, 0.1) is 0 Å². The molecule has 9 heteroatoms. The number of anilines is 1. The zero-order valence-corrected chi connectivity index (χ0v) is 18.7. The van der Waals surface area contributed by atoms with E-state index < -0.39 is 10.0 Å². The summed E-state index contributed by atoms with van der Waals surface area (Å²) < 4.78 is 27.0. The van der Waals surface area contributed by atoms with Gasteiger partial charge in [0.2, 0.25) is 10.0 Å². The largest absolute Gasteiger partial charge is 0.363 e. The van der Waals surface area contributed by atoms with Crippen molar-refractivity contribution in [1.82, 2.24) is 19.6 Å². The van der Waals surface area contributed by atoms with Gasteiger partial charge < -0.3 is 10.2 Å². The normalized spacial score (nSPS) is 15.6. The maximum atomic E-state index is 12.8. The molecule has 0 bridgehead atoms. The predicted molar refractivity (Wildman–Crippen MR) is 117 cm³/mol. The van der Waals surface area contributed by atoms with Crippen molar-refractivity contribution < 1.29 is 8.42 Å². The molecule has 1 aliphatic heterocycles. The van der Waals surface area contributed by atoms with Gasteiger partial charge in [0.25, 0.3) is 0 Å². The van der Waals surface area contributed by atoms with Crippen LogP contribution in [0.4, 0.5) is 5.82 Å². The fourth-order valence-electron chi connectivity index (χ4n) is 3.30. The summed E-state index contributed by atoms with van der Waals surface area (Å²) in [4.78, 5) is 11.4. The molecule has 7 nitrogen and oxygen atoms in total. The quantitative estimate of drug-likeness (QED) is 0.717. The lowest BCUT2D eigenvalue weighted by Gasteiger charge is -2.24. The highest BCUT2D eigenvalue weighted by Crippen LogP contribution is 2.25. The number of nitrogens with one attached hydrogen (secondary N) is 1. The Morgan fingerprint density at radius 1 is 1.10 bits per heavy atom. The molecule has 0 radical (unpaired) electrons. The first-order valence-electron chi connectivity index (χ1n) is 9.69. The monoisotopic (exact) mass is 437 g/mol. The zero-order chi connectivity index (χ0) is 21.0. The van der Waals surface area contributed by atoms with Crippen LogP contribution in [0.2, 0.25) is 5.02 Å². The molecule has 0 spiro atoms. The van der Waals surface area contributed by atoms with Gasteiger partial charge in [0.05, 0.1) is 18.0 Å². The van der Waals surface area contributed by atoms with Crippen molar-refractivity contribution in [3.8, 4) is 0 Å². The molecule has 0 atom stereocenters. The summed E-state index contributed by atoms with van der Waals surface area (Å²) in [5.74, 6) is 1.82. The summed E-state index contributed by atoms with van der Waals surface area (Å²) in [6, 6.07) is 8.73. The topological polar surface area (TPSA) is 78.4 Å². The summed E-state index contributed by atoms with van der Waals surface area (Å²) in [7, 11) is 1.96. The summed E-state index contributed by atoms with van der Waals surface area (Å²) >= 11 is 5.89. The van der Waals surface area contributed by atoms with Crippen LogP contribution < -0.4 is 10.2 Å². The van der Waals surface area contributed by atoms with Crippen LogP contribution >= 0.6 is 11.6 Å². The van der Waals surface area contributed by atoms with Gasteiger partial charge in [-0.3, -0.25) is 0 Å². The summed E-state index contributed by atoms with van der Waals surface area (Å²) in [6.45, 7) is 2.10. The lowest BCUT2D eigenvalue weighted by atomic mass is 9.97. The van der Waals surface area contributed by atoms with Gasteiger partial charge in [-0.05, 0) is 43.6 Å². The van der Waals surface area contributed by atoms with Crippen molar-refractivity contribution in [2.75, 3.05) is 39.1 Å². The van der Waals surface area contributed by atoms with E-state index in [4.69, 9.17) is 21.6 Å². The van der Waals surface area contributed by atoms with Crippen molar-refractivity contribution >= 4 is 27.4 Å². The average Bonchev–Trinajstić information content (AvgIpc) is 2.70. The maximum absolute atomic E-state index is 12.8. The van der Waals surface area contributed by atoms with Crippen LogP contribution in [0.5, 0.6) is 0 Å². The maximum Gasteiger partial charge on any atom is 0.218 e. The number of piperidine rings is 1. The van der Waals surface area contributed by atoms with Crippen LogP contribution in [0.1, 0.15) is 35.8 Å². The van der Waals surface area contributed by atoms with Crippen molar-refractivity contribution in [2.45, 2.75) is 31.1 Å². The molecule has 0 aliphatic carbocycles. The fourth-order valence-corrected chi connectivity index (χ4v) is 4.59. The smallest absolute Gasteiger partial charge is 0.218 e. The Balaban J connectivity index is 1.79. The highest BCUT2D eigenvalue weighted by atomic mass is 35.5. The Bertz CT molecular complexity index is 928. The van der Waals surface area contributed by atoms with E-state index in [0.29, 0.717) is 22.2 Å². The molecule has 1 aromatic carbocycles. The number of hydrogen-bond donors (Lipinski definition) is 1. The second kappa shape index (κ2) is 9.38. The minimum atomic E-state index is -3.49. The number of sulfonamides is 1. The van der Waals surface area contributed by atoms with E-state index in [2.05, 4.69) is 5.32 Å². The van der Waals surface area contributed by atoms with E-state index in [9.17, 15) is 8.42 Å². The van der Waals surface area contributed by atoms with E-state index in [0.717, 1.165) is 37.6 Å². The van der Waals surface area contributed by atoms with Crippen LogP contribution in [0.3, 0.4) is 0 Å². The molecular weight excluding hydrogens is 410 g/mol. The van der Waals surface area contributed by atoms with E-state index in [1.807, 2.05) is 25.1 Å². The second-order valence-corrected chi connectivity index (χ2v) is 10.1. The molecule has 2 heterocycles. The van der Waals surface area contributed by atoms with Gasteiger partial charge in [0, 0.05) is 38.1 Å². The first-order chi connectivity index (χ1) is 13.7. The van der Waals surface area contributed by atoms with Gasteiger partial charge in [0.1, 0.15) is 11.6 Å². The number of hydrogen-bond acceptors (Lipinski definition) is 6. The first kappa shape index (κ1) is 22.0. The second-order valence-electron chi connectivity index (χ2n) is 7.63. The molecule has 1 saturated heterocycles. The first-order valence-corrected chi connectivity index (χ1v) is 11.7. The van der Waals surface area contributed by atoms with Crippen molar-refractivity contribution in [3.05, 3.63) is 52.4 Å². The van der Waals surface area contributed by atoms with Crippen molar-refractivity contribution in [2.24, 2.45) is 0 Å². The van der Waals surface area contributed by atoms with Crippen LogP contribution in [-0.4, -0.2) is 56.9 Å². The van der Waals surface area contributed by atoms with Gasteiger partial charge in [0.15, 0.2) is 0 Å². The van der Waals surface area contributed by atoms with Gasteiger partial charge in [-0.1, -0.05) is 23.7 Å². The number of benzene rings is 1. The van der Waals surface area contributed by atoms with Crippen LogP contribution in [-0.2, 0) is 22.3 Å². The van der Waals surface area contributed by atoms with Crippen LogP contribution in [0.25, 0.3) is 0 Å². The van der Waals surface area contributed by atoms with Gasteiger partial charge in [-0.15, -0.1) is 0 Å². The summed E-state index contributed by atoms with van der Waals surface area (Å²) in [5, 5.41) is 3.94. The van der Waals surface area contributed by atoms with E-state index >= 15 is 0 Å². The third-order valence-corrected chi connectivity index (χ3v) is 7.10. The molecule has 1 fully saturated rings. The number of nitrogens with zero attached hydrogens (tertiary/aromatic N) is 4. The number of rotatable bonds is 7. The van der Waals surface area contributed by atoms with E-state index in [-0.39, 0.29) is 12.3 Å². The Morgan fingerprint density at radius 2 is 1.76 bits per heavy atom. The Labute approximate surface area is 178 Å². The van der Waals surface area contributed by atoms with Crippen LogP contribution in [0.15, 0.2) is 30.3 Å². The zero-order valence-electron chi connectivity index (χ0n) is 17.1. The van der Waals surface area contributed by atoms with E-state index in [1.54, 1.807) is 31.3 Å². The molecule has 2 aromatic rings. The molecule has 0 saturated carbocycles. The molecule has 0 amide bonds. The minimum Gasteiger partial charge on any atom is -0.363 e. The molecule has 29 heavy (non-hydrogen) atoms. The van der Waals surface area contributed by atoms with Gasteiger partial charge in [-0.25, -0.2) is 18.4 Å². The lowest BCUT2D eigenvalue weighted by molar-refractivity contribution is 0.436. The molecule has 3 rings (SSSR count). The Kier molecular flexibility index (Phi) is 7.10. The molecule has 1 aromatic heterocycles. The molecular formula is C20H28ClN5O2S. The molecule has 0 unspecified atom stereocenters. The van der Waals surface area contributed by atoms with Crippen molar-refractivity contribution in [3.63, 3.8) is 0 Å². The molecule has 158 valence electrons. The van der Waals surface area contributed by atoms with Gasteiger partial charge in [-0.2, -0.15) is 4.31 Å². The SMILES string of the molecule is CN(C)c1cc(CN(C)S(=O)(=O)Cc2ccc(Cl)cc2)nc(C2CCNCC2)n1. The number of halogens is 1. The van der Waals surface area contributed by atoms with Crippen molar-refractivity contribution in [1.29, 1.82) is 0 Å². The fraction of sp³-hybridized carbons (Fsp3) is 0.500. The average molecular weight is 438 g/mol. The number of aromatic nitrogens is 2. The van der Waals surface area contributed by atoms with E-state index in [1.165, 1.54) is 4.31 Å². The Hall–Kier alpha value is -1.74. The molecule has 1 aliphatic rings. The summed E-state index contributed by atoms with van der Waals surface area (Å²) in [6.07, 6.45) is 1.97.